The van der Waals surface area contributed by atoms with E-state index in [1.807, 2.05) is 13.8 Å². The van der Waals surface area contributed by atoms with E-state index >= 15 is 0 Å². The van der Waals surface area contributed by atoms with Crippen LogP contribution in [0.2, 0.25) is 0 Å². The van der Waals surface area contributed by atoms with Crippen molar-refractivity contribution in [2.45, 2.75) is 39.5 Å². The highest BCUT2D eigenvalue weighted by Gasteiger charge is 2.17. The predicted octanol–water partition coefficient (Wildman–Crippen LogP) is 1.85. The van der Waals surface area contributed by atoms with E-state index in [-0.39, 0.29) is 0 Å². The highest BCUT2D eigenvalue weighted by Crippen LogP contribution is 2.22. The maximum Gasteiger partial charge on any atom is 0.251 e. The Bertz CT molecular complexity index is 489. The van der Waals surface area contributed by atoms with Gasteiger partial charge in [0, 0.05) is 0 Å². The number of nitrogens with zero attached hydrogens (tertiary/aromatic N) is 3. The summed E-state index contributed by atoms with van der Waals surface area (Å²) in [5, 5.41) is 21.0. The van der Waals surface area contributed by atoms with E-state index in [9.17, 15) is 5.26 Å². The molecule has 1 aliphatic heterocycles. The van der Waals surface area contributed by atoms with E-state index in [2.05, 4.69) is 21.6 Å². The molecule has 0 aromatic carbocycles. The van der Waals surface area contributed by atoms with Gasteiger partial charge in [0.25, 0.3) is 5.88 Å². The van der Waals surface area contributed by atoms with Crippen molar-refractivity contribution in [2.75, 3.05) is 19.7 Å². The first-order chi connectivity index (χ1) is 9.80. The van der Waals surface area contributed by atoms with E-state index in [0.717, 1.165) is 43.6 Å². The molecule has 0 spiro atoms. The third-order valence-electron chi connectivity index (χ3n) is 3.85. The Balaban J connectivity index is 2.05. The van der Waals surface area contributed by atoms with Crippen molar-refractivity contribution in [3.63, 3.8) is 0 Å². The SMILES string of the molecule is CCc1nnc(OCCC2CCNC2)c(C#N)c1CC. The standard InChI is InChI=1S/C15H22N4O/c1-3-12-13(9-16)15(19-18-14(12)4-2)20-8-6-11-5-7-17-10-11/h11,17H,3-8,10H2,1-2H3. The number of aromatic nitrogens is 2. The average molecular weight is 274 g/mol. The minimum Gasteiger partial charge on any atom is -0.476 e. The molecule has 5 nitrogen and oxygen atoms in total. The minimum atomic E-state index is 0.396. The second-order valence-corrected chi connectivity index (χ2v) is 5.12. The first-order valence-electron chi connectivity index (χ1n) is 7.42. The van der Waals surface area contributed by atoms with Crippen molar-refractivity contribution in [2.24, 2.45) is 5.92 Å². The quantitative estimate of drug-likeness (QED) is 0.857. The summed E-state index contributed by atoms with van der Waals surface area (Å²) in [6.07, 6.45) is 3.77. The van der Waals surface area contributed by atoms with Crippen LogP contribution >= 0.6 is 0 Å². The van der Waals surface area contributed by atoms with Crippen LogP contribution in [-0.2, 0) is 12.8 Å². The van der Waals surface area contributed by atoms with Gasteiger partial charge in [0.05, 0.1) is 12.3 Å². The molecule has 1 aromatic rings. The van der Waals surface area contributed by atoms with Gasteiger partial charge in [0.1, 0.15) is 11.6 Å². The van der Waals surface area contributed by atoms with Gasteiger partial charge in [-0.15, -0.1) is 5.10 Å². The highest BCUT2D eigenvalue weighted by molar-refractivity contribution is 5.46. The normalized spacial score (nSPS) is 17.9. The first kappa shape index (κ1) is 14.7. The second-order valence-electron chi connectivity index (χ2n) is 5.12. The van der Waals surface area contributed by atoms with E-state index in [1.54, 1.807) is 0 Å². The summed E-state index contributed by atoms with van der Waals surface area (Å²) >= 11 is 0. The Hall–Kier alpha value is -1.67. The molecule has 5 heteroatoms. The lowest BCUT2D eigenvalue weighted by Gasteiger charge is -2.12. The van der Waals surface area contributed by atoms with Crippen LogP contribution in [-0.4, -0.2) is 29.9 Å². The van der Waals surface area contributed by atoms with Crippen LogP contribution in [0, 0.1) is 17.2 Å². The summed E-state index contributed by atoms with van der Waals surface area (Å²) in [6.45, 7) is 6.82. The Kier molecular flexibility index (Phi) is 5.31. The smallest absolute Gasteiger partial charge is 0.251 e. The molecule has 1 unspecified atom stereocenters. The Morgan fingerprint density at radius 3 is 2.80 bits per heavy atom. The molecule has 1 N–H and O–H groups in total. The number of hydrogen-bond acceptors (Lipinski definition) is 5. The molecule has 1 aliphatic rings. The largest absolute Gasteiger partial charge is 0.476 e. The lowest BCUT2D eigenvalue weighted by atomic mass is 10.0. The van der Waals surface area contributed by atoms with Gasteiger partial charge in [-0.05, 0) is 50.3 Å². The molecular formula is C15H22N4O. The molecule has 2 rings (SSSR count). The van der Waals surface area contributed by atoms with Gasteiger partial charge in [0.2, 0.25) is 0 Å². The zero-order chi connectivity index (χ0) is 14.4. The van der Waals surface area contributed by atoms with Crippen molar-refractivity contribution in [3.8, 4) is 11.9 Å². The lowest BCUT2D eigenvalue weighted by molar-refractivity contribution is 0.269. The summed E-state index contributed by atoms with van der Waals surface area (Å²) < 4.78 is 5.71. The van der Waals surface area contributed by atoms with E-state index < -0.39 is 0 Å². The minimum absolute atomic E-state index is 0.396. The van der Waals surface area contributed by atoms with E-state index in [4.69, 9.17) is 4.74 Å². The third-order valence-corrected chi connectivity index (χ3v) is 3.85. The number of aryl methyl sites for hydroxylation is 1. The van der Waals surface area contributed by atoms with E-state index in [0.29, 0.717) is 24.0 Å². The fourth-order valence-corrected chi connectivity index (χ4v) is 2.65. The molecule has 108 valence electrons. The summed E-state index contributed by atoms with van der Waals surface area (Å²) in [7, 11) is 0. The van der Waals surface area contributed by atoms with Crippen molar-refractivity contribution in [1.82, 2.24) is 15.5 Å². The molecule has 2 heterocycles. The number of ether oxygens (including phenoxy) is 1. The van der Waals surface area contributed by atoms with Gasteiger partial charge in [0.15, 0.2) is 0 Å². The molecule has 0 aliphatic carbocycles. The van der Waals surface area contributed by atoms with Crippen LogP contribution < -0.4 is 10.1 Å². The van der Waals surface area contributed by atoms with Crippen LogP contribution in [0.25, 0.3) is 0 Å². The fourth-order valence-electron chi connectivity index (χ4n) is 2.65. The summed E-state index contributed by atoms with van der Waals surface area (Å²) in [6, 6.07) is 2.23. The molecule has 0 radical (unpaired) electrons. The van der Waals surface area contributed by atoms with Crippen LogP contribution in [0.1, 0.15) is 43.5 Å². The summed E-state index contributed by atoms with van der Waals surface area (Å²) in [5.74, 6) is 1.07. The molecule has 0 amide bonds. The average Bonchev–Trinajstić information content (AvgIpc) is 2.99. The van der Waals surface area contributed by atoms with Crippen molar-refractivity contribution in [1.29, 1.82) is 5.26 Å². The molecule has 0 saturated carbocycles. The van der Waals surface area contributed by atoms with Crippen molar-refractivity contribution >= 4 is 0 Å². The molecule has 20 heavy (non-hydrogen) atoms. The molecule has 1 aromatic heterocycles. The van der Waals surface area contributed by atoms with Gasteiger partial charge in [-0.1, -0.05) is 13.8 Å². The fraction of sp³-hybridized carbons (Fsp3) is 0.667. The van der Waals surface area contributed by atoms with Gasteiger partial charge in [-0.3, -0.25) is 0 Å². The predicted molar refractivity (Wildman–Crippen MR) is 76.6 cm³/mol. The topological polar surface area (TPSA) is 70.8 Å². The third kappa shape index (κ3) is 3.26. The number of nitriles is 1. The lowest BCUT2D eigenvalue weighted by Crippen LogP contribution is -2.13. The van der Waals surface area contributed by atoms with Crippen LogP contribution in [0.3, 0.4) is 0 Å². The molecule has 1 fully saturated rings. The van der Waals surface area contributed by atoms with E-state index in [1.165, 1.54) is 6.42 Å². The van der Waals surface area contributed by atoms with Crippen molar-refractivity contribution < 1.29 is 4.74 Å². The van der Waals surface area contributed by atoms with Gasteiger partial charge < -0.3 is 10.1 Å². The molecule has 1 saturated heterocycles. The van der Waals surface area contributed by atoms with Crippen LogP contribution in [0.15, 0.2) is 0 Å². The maximum atomic E-state index is 9.35. The zero-order valence-electron chi connectivity index (χ0n) is 12.3. The Morgan fingerprint density at radius 1 is 1.35 bits per heavy atom. The van der Waals surface area contributed by atoms with Crippen LogP contribution in [0.4, 0.5) is 0 Å². The number of hydrogen-bond donors (Lipinski definition) is 1. The van der Waals surface area contributed by atoms with Crippen molar-refractivity contribution in [3.05, 3.63) is 16.8 Å². The molecular weight excluding hydrogens is 252 g/mol. The molecule has 0 bridgehead atoms. The summed E-state index contributed by atoms with van der Waals surface area (Å²) in [4.78, 5) is 0. The maximum absolute atomic E-state index is 9.35. The number of nitrogens with one attached hydrogen (secondary N) is 1. The number of rotatable bonds is 6. The van der Waals surface area contributed by atoms with Gasteiger partial charge >= 0.3 is 0 Å². The Labute approximate surface area is 120 Å². The highest BCUT2D eigenvalue weighted by atomic mass is 16.5. The Morgan fingerprint density at radius 2 is 2.20 bits per heavy atom. The second kappa shape index (κ2) is 7.20. The van der Waals surface area contributed by atoms with Crippen LogP contribution in [0.5, 0.6) is 5.88 Å². The zero-order valence-corrected chi connectivity index (χ0v) is 12.3. The van der Waals surface area contributed by atoms with Gasteiger partial charge in [-0.2, -0.15) is 10.4 Å². The van der Waals surface area contributed by atoms with Gasteiger partial charge in [-0.25, -0.2) is 0 Å². The summed E-state index contributed by atoms with van der Waals surface area (Å²) in [5.41, 5.74) is 2.43. The molecule has 1 atom stereocenters. The monoisotopic (exact) mass is 274 g/mol. The first-order valence-corrected chi connectivity index (χ1v) is 7.42.